The summed E-state index contributed by atoms with van der Waals surface area (Å²) in [4.78, 5) is 23.7. The van der Waals surface area contributed by atoms with Crippen molar-refractivity contribution >= 4 is 17.6 Å². The molecule has 0 bridgehead atoms. The number of hydrogen-bond donors (Lipinski definition) is 2. The van der Waals surface area contributed by atoms with Gasteiger partial charge in [-0.05, 0) is 68.1 Å². The SMILES string of the molecule is CC(C)Oc1ccc(C(=O)O)cc1NC(=O)C1CC1c1cc(F)ccc1F. The van der Waals surface area contributed by atoms with Crippen molar-refractivity contribution in [3.8, 4) is 5.75 Å². The van der Waals surface area contributed by atoms with Crippen molar-refractivity contribution in [3.63, 3.8) is 0 Å². The zero-order valence-electron chi connectivity index (χ0n) is 14.8. The quantitative estimate of drug-likeness (QED) is 0.794. The molecule has 0 spiro atoms. The van der Waals surface area contributed by atoms with Crippen LogP contribution in [0.25, 0.3) is 0 Å². The number of aromatic carboxylic acids is 1. The van der Waals surface area contributed by atoms with E-state index in [1.807, 2.05) is 0 Å². The molecule has 7 heteroatoms. The fraction of sp³-hybridized carbons (Fsp3) is 0.300. The van der Waals surface area contributed by atoms with Crippen molar-refractivity contribution in [1.82, 2.24) is 0 Å². The molecular weight excluding hydrogens is 356 g/mol. The van der Waals surface area contributed by atoms with E-state index in [2.05, 4.69) is 5.32 Å². The average Bonchev–Trinajstić information content (AvgIpc) is 3.38. The molecule has 2 atom stereocenters. The van der Waals surface area contributed by atoms with Crippen LogP contribution in [-0.2, 0) is 4.79 Å². The zero-order chi connectivity index (χ0) is 19.7. The first-order chi connectivity index (χ1) is 12.8. The number of ether oxygens (including phenoxy) is 1. The molecule has 142 valence electrons. The Morgan fingerprint density at radius 3 is 2.59 bits per heavy atom. The number of carboxylic acid groups (broad SMARTS) is 1. The Hall–Kier alpha value is -2.96. The van der Waals surface area contributed by atoms with Crippen molar-refractivity contribution < 1.29 is 28.2 Å². The van der Waals surface area contributed by atoms with Crippen LogP contribution in [0.5, 0.6) is 5.75 Å². The van der Waals surface area contributed by atoms with Gasteiger partial charge in [0.25, 0.3) is 0 Å². The normalized spacial score (nSPS) is 18.3. The highest BCUT2D eigenvalue weighted by molar-refractivity contribution is 5.98. The Kier molecular flexibility index (Phi) is 5.12. The molecule has 2 aromatic carbocycles. The summed E-state index contributed by atoms with van der Waals surface area (Å²) in [5.74, 6) is -3.20. The highest BCUT2D eigenvalue weighted by Gasteiger charge is 2.45. The molecule has 0 radical (unpaired) electrons. The summed E-state index contributed by atoms with van der Waals surface area (Å²) < 4.78 is 32.9. The first-order valence-electron chi connectivity index (χ1n) is 8.56. The Bertz CT molecular complexity index is 898. The van der Waals surface area contributed by atoms with Crippen LogP contribution in [0.2, 0.25) is 0 Å². The maximum absolute atomic E-state index is 13.9. The molecule has 0 saturated heterocycles. The Morgan fingerprint density at radius 2 is 1.93 bits per heavy atom. The highest BCUT2D eigenvalue weighted by atomic mass is 19.1. The predicted molar refractivity (Wildman–Crippen MR) is 95.0 cm³/mol. The third-order valence-electron chi connectivity index (χ3n) is 4.33. The summed E-state index contributed by atoms with van der Waals surface area (Å²) in [5, 5.41) is 11.8. The van der Waals surface area contributed by atoms with E-state index in [1.165, 1.54) is 18.2 Å². The van der Waals surface area contributed by atoms with Crippen molar-refractivity contribution in [2.75, 3.05) is 5.32 Å². The third-order valence-corrected chi connectivity index (χ3v) is 4.33. The van der Waals surface area contributed by atoms with E-state index in [4.69, 9.17) is 9.84 Å². The van der Waals surface area contributed by atoms with E-state index in [0.717, 1.165) is 18.2 Å². The van der Waals surface area contributed by atoms with Crippen LogP contribution in [0.3, 0.4) is 0 Å². The van der Waals surface area contributed by atoms with Crippen molar-refractivity contribution in [1.29, 1.82) is 0 Å². The van der Waals surface area contributed by atoms with Gasteiger partial charge < -0.3 is 15.2 Å². The summed E-state index contributed by atoms with van der Waals surface area (Å²) in [6, 6.07) is 7.36. The van der Waals surface area contributed by atoms with Crippen LogP contribution in [0, 0.1) is 17.6 Å². The summed E-state index contributed by atoms with van der Waals surface area (Å²) in [6.45, 7) is 3.61. The lowest BCUT2D eigenvalue weighted by atomic mass is 10.1. The monoisotopic (exact) mass is 375 g/mol. The van der Waals surface area contributed by atoms with E-state index in [1.54, 1.807) is 13.8 Å². The zero-order valence-corrected chi connectivity index (χ0v) is 14.8. The molecule has 0 heterocycles. The van der Waals surface area contributed by atoms with Gasteiger partial charge in [0.15, 0.2) is 0 Å². The molecule has 0 aromatic heterocycles. The molecule has 1 aliphatic carbocycles. The smallest absolute Gasteiger partial charge is 0.335 e. The van der Waals surface area contributed by atoms with Crippen LogP contribution in [0.15, 0.2) is 36.4 Å². The topological polar surface area (TPSA) is 75.6 Å². The van der Waals surface area contributed by atoms with Gasteiger partial charge in [0, 0.05) is 5.92 Å². The Labute approximate surface area is 155 Å². The second-order valence-electron chi connectivity index (χ2n) is 6.79. The molecule has 2 aromatic rings. The fourth-order valence-corrected chi connectivity index (χ4v) is 2.97. The number of rotatable bonds is 6. The summed E-state index contributed by atoms with van der Waals surface area (Å²) in [7, 11) is 0. The molecule has 27 heavy (non-hydrogen) atoms. The average molecular weight is 375 g/mol. The van der Waals surface area contributed by atoms with Crippen LogP contribution >= 0.6 is 0 Å². The third kappa shape index (κ3) is 4.24. The maximum Gasteiger partial charge on any atom is 0.335 e. The molecule has 1 aliphatic rings. The highest BCUT2D eigenvalue weighted by Crippen LogP contribution is 2.49. The van der Waals surface area contributed by atoms with Gasteiger partial charge in [-0.15, -0.1) is 0 Å². The number of hydrogen-bond acceptors (Lipinski definition) is 3. The lowest BCUT2D eigenvalue weighted by Crippen LogP contribution is -2.17. The molecule has 1 amide bonds. The van der Waals surface area contributed by atoms with E-state index in [9.17, 15) is 18.4 Å². The van der Waals surface area contributed by atoms with Crippen molar-refractivity contribution in [3.05, 3.63) is 59.2 Å². The Balaban J connectivity index is 1.79. The minimum atomic E-state index is -1.13. The molecule has 1 fully saturated rings. The van der Waals surface area contributed by atoms with Crippen molar-refractivity contribution in [2.24, 2.45) is 5.92 Å². The molecule has 5 nitrogen and oxygen atoms in total. The summed E-state index contributed by atoms with van der Waals surface area (Å²) in [6.07, 6.45) is 0.219. The number of anilines is 1. The summed E-state index contributed by atoms with van der Waals surface area (Å²) >= 11 is 0. The van der Waals surface area contributed by atoms with Crippen LogP contribution in [-0.4, -0.2) is 23.1 Å². The van der Waals surface area contributed by atoms with Gasteiger partial charge >= 0.3 is 5.97 Å². The largest absolute Gasteiger partial charge is 0.489 e. The van der Waals surface area contributed by atoms with Gasteiger partial charge in [-0.2, -0.15) is 0 Å². The van der Waals surface area contributed by atoms with Gasteiger partial charge in [-0.25, -0.2) is 13.6 Å². The number of nitrogens with one attached hydrogen (secondary N) is 1. The lowest BCUT2D eigenvalue weighted by Gasteiger charge is -2.15. The number of carbonyl (C=O) groups excluding carboxylic acids is 1. The maximum atomic E-state index is 13.9. The van der Waals surface area contributed by atoms with Gasteiger partial charge in [0.2, 0.25) is 5.91 Å². The molecule has 3 rings (SSSR count). The molecule has 0 aliphatic heterocycles. The van der Waals surface area contributed by atoms with Crippen LogP contribution < -0.4 is 10.1 Å². The van der Waals surface area contributed by atoms with E-state index < -0.39 is 29.4 Å². The first kappa shape index (κ1) is 18.8. The van der Waals surface area contributed by atoms with Crippen LogP contribution in [0.4, 0.5) is 14.5 Å². The van der Waals surface area contributed by atoms with Gasteiger partial charge in [-0.1, -0.05) is 0 Å². The Morgan fingerprint density at radius 1 is 1.19 bits per heavy atom. The van der Waals surface area contributed by atoms with Gasteiger partial charge in [0.05, 0.1) is 17.4 Å². The fourth-order valence-electron chi connectivity index (χ4n) is 2.97. The predicted octanol–water partition coefficient (Wildman–Crippen LogP) is 4.19. The van der Waals surface area contributed by atoms with E-state index >= 15 is 0 Å². The van der Waals surface area contributed by atoms with E-state index in [0.29, 0.717) is 12.2 Å². The first-order valence-corrected chi connectivity index (χ1v) is 8.56. The molecule has 2 unspecified atom stereocenters. The molecule has 1 saturated carbocycles. The number of carboxylic acids is 1. The minimum Gasteiger partial charge on any atom is -0.489 e. The van der Waals surface area contributed by atoms with Crippen LogP contribution in [0.1, 0.15) is 42.1 Å². The van der Waals surface area contributed by atoms with Gasteiger partial charge in [-0.3, -0.25) is 4.79 Å². The summed E-state index contributed by atoms with van der Waals surface area (Å²) in [5.41, 5.74) is 0.414. The van der Waals surface area contributed by atoms with Gasteiger partial charge in [0.1, 0.15) is 17.4 Å². The van der Waals surface area contributed by atoms with Crippen molar-refractivity contribution in [2.45, 2.75) is 32.3 Å². The second-order valence-corrected chi connectivity index (χ2v) is 6.79. The lowest BCUT2D eigenvalue weighted by molar-refractivity contribution is -0.117. The number of benzene rings is 2. The van der Waals surface area contributed by atoms with E-state index in [-0.39, 0.29) is 28.8 Å². The molecule has 2 N–H and O–H groups in total. The number of amides is 1. The number of carbonyl (C=O) groups is 2. The second kappa shape index (κ2) is 7.34. The standard InChI is InChI=1S/C20H19F2NO4/c1-10(2)27-18-6-3-11(20(25)26)7-17(18)23-19(24)15-9-13(15)14-8-12(21)4-5-16(14)22/h3-8,10,13,15H,9H2,1-2H3,(H,23,24)(H,25,26). The number of halogens is 2. The molecular formula is C20H19F2NO4. The minimum absolute atomic E-state index is 0.00456.